The Labute approximate surface area is 120 Å². The van der Waals surface area contributed by atoms with Crippen LogP contribution in [0.25, 0.3) is 0 Å². The van der Waals surface area contributed by atoms with E-state index in [0.29, 0.717) is 5.56 Å². The number of carbonyl (C=O) groups excluding carboxylic acids is 1. The number of nitrogens with one attached hydrogen (secondary N) is 1. The van der Waals surface area contributed by atoms with Gasteiger partial charge in [0, 0.05) is 11.8 Å². The minimum absolute atomic E-state index is 0.200. The highest BCUT2D eigenvalue weighted by Gasteiger charge is 2.16. The van der Waals surface area contributed by atoms with Crippen molar-refractivity contribution in [1.29, 1.82) is 0 Å². The molecule has 0 spiro atoms. The number of nitrogens with zero attached hydrogens (tertiary/aromatic N) is 1. The van der Waals surface area contributed by atoms with Gasteiger partial charge in [-0.3, -0.25) is 4.79 Å². The van der Waals surface area contributed by atoms with Crippen molar-refractivity contribution < 1.29 is 14.3 Å². The van der Waals surface area contributed by atoms with Crippen LogP contribution in [0, 0.1) is 17.7 Å². The topological polar surface area (TPSA) is 88.2 Å². The monoisotopic (exact) mass is 285 g/mol. The number of rotatable bonds is 2. The zero-order valence-electron chi connectivity index (χ0n) is 10.9. The Kier molecular flexibility index (Phi) is 4.49. The molecule has 2 rings (SSSR count). The van der Waals surface area contributed by atoms with E-state index in [1.807, 2.05) is 0 Å². The highest BCUT2D eigenvalue weighted by molar-refractivity contribution is 6.05. The van der Waals surface area contributed by atoms with E-state index in [1.165, 1.54) is 24.4 Å². The van der Waals surface area contributed by atoms with Gasteiger partial charge in [0.25, 0.3) is 5.91 Å². The highest BCUT2D eigenvalue weighted by Crippen LogP contribution is 2.21. The van der Waals surface area contributed by atoms with Crippen LogP contribution in [0.4, 0.5) is 10.2 Å². The number of nitrogens with two attached hydrogens (primary N) is 1. The average molecular weight is 285 g/mol. The summed E-state index contributed by atoms with van der Waals surface area (Å²) in [6.07, 6.45) is 1.46. The maximum atomic E-state index is 13.6. The van der Waals surface area contributed by atoms with Crippen LogP contribution in [0.3, 0.4) is 0 Å². The second-order valence-corrected chi connectivity index (χ2v) is 4.02. The van der Waals surface area contributed by atoms with Crippen molar-refractivity contribution in [1.82, 2.24) is 4.98 Å². The van der Waals surface area contributed by atoms with Gasteiger partial charge in [0.2, 0.25) is 0 Å². The lowest BCUT2D eigenvalue weighted by Crippen LogP contribution is -2.15. The molecule has 2 aromatic rings. The Morgan fingerprint density at radius 1 is 1.43 bits per heavy atom. The summed E-state index contributed by atoms with van der Waals surface area (Å²) in [5.74, 6) is 3.62. The number of anilines is 1. The maximum absolute atomic E-state index is 13.6. The van der Waals surface area contributed by atoms with E-state index in [9.17, 15) is 14.3 Å². The fourth-order valence-corrected chi connectivity index (χ4v) is 1.65. The third-order valence-corrected chi connectivity index (χ3v) is 2.56. The fraction of sp³-hybridized carbons (Fsp3) is 0.0667. The number of hydrogen-bond acceptors (Lipinski definition) is 4. The van der Waals surface area contributed by atoms with E-state index in [0.717, 1.165) is 6.07 Å². The Bertz CT molecular complexity index is 715. The molecule has 0 radical (unpaired) electrons. The second-order valence-electron chi connectivity index (χ2n) is 4.02. The standard InChI is InChI=1S/C15H12FN3O2/c16-11-4-1-5-12(20)14(11)15(21)19-13-9-10(3-2-7-17)6-8-18-13/h1,4-6,8-9,20H,7,17H2,(H,18,19,21). The normalized spacial score (nSPS) is 9.62. The number of aromatic nitrogens is 1. The van der Waals surface area contributed by atoms with Crippen LogP contribution in [0.2, 0.25) is 0 Å². The van der Waals surface area contributed by atoms with Gasteiger partial charge in [-0.05, 0) is 24.3 Å². The zero-order chi connectivity index (χ0) is 15.2. The van der Waals surface area contributed by atoms with Crippen LogP contribution in [0.1, 0.15) is 15.9 Å². The first kappa shape index (κ1) is 14.5. The van der Waals surface area contributed by atoms with E-state index in [4.69, 9.17) is 5.73 Å². The Morgan fingerprint density at radius 2 is 2.24 bits per heavy atom. The first-order valence-corrected chi connectivity index (χ1v) is 6.05. The second kappa shape index (κ2) is 6.50. The zero-order valence-corrected chi connectivity index (χ0v) is 10.9. The van der Waals surface area contributed by atoms with Gasteiger partial charge in [-0.1, -0.05) is 17.9 Å². The Morgan fingerprint density at radius 3 is 2.95 bits per heavy atom. The number of carbonyl (C=O) groups is 1. The minimum atomic E-state index is -0.813. The Hall–Kier alpha value is -2.91. The lowest BCUT2D eigenvalue weighted by Gasteiger charge is -2.07. The molecule has 1 heterocycles. The van der Waals surface area contributed by atoms with Crippen LogP contribution in [-0.4, -0.2) is 22.5 Å². The smallest absolute Gasteiger partial charge is 0.263 e. The van der Waals surface area contributed by atoms with Gasteiger partial charge < -0.3 is 16.2 Å². The molecule has 0 aliphatic carbocycles. The van der Waals surface area contributed by atoms with Gasteiger partial charge in [-0.15, -0.1) is 0 Å². The summed E-state index contributed by atoms with van der Waals surface area (Å²) in [5, 5.41) is 12.0. The molecule has 0 saturated carbocycles. The lowest BCUT2D eigenvalue weighted by atomic mass is 10.1. The molecule has 0 atom stereocenters. The summed E-state index contributed by atoms with van der Waals surface area (Å²) >= 11 is 0. The number of phenolic OH excluding ortho intramolecular Hbond substituents is 1. The first-order valence-electron chi connectivity index (χ1n) is 6.05. The van der Waals surface area contributed by atoms with Crippen LogP contribution in [0.15, 0.2) is 36.5 Å². The number of benzene rings is 1. The molecule has 0 bridgehead atoms. The van der Waals surface area contributed by atoms with Gasteiger partial charge >= 0.3 is 0 Å². The molecule has 1 aromatic carbocycles. The summed E-state index contributed by atoms with van der Waals surface area (Å²) in [6, 6.07) is 6.81. The number of amides is 1. The third-order valence-electron chi connectivity index (χ3n) is 2.56. The van der Waals surface area contributed by atoms with Crippen LogP contribution in [0.5, 0.6) is 5.75 Å². The molecule has 4 N–H and O–H groups in total. The van der Waals surface area contributed by atoms with E-state index >= 15 is 0 Å². The molecule has 5 nitrogen and oxygen atoms in total. The summed E-state index contributed by atoms with van der Waals surface area (Å²) in [6.45, 7) is 0.215. The number of halogens is 1. The molecule has 0 fully saturated rings. The Balaban J connectivity index is 2.24. The summed E-state index contributed by atoms with van der Waals surface area (Å²) in [5.41, 5.74) is 5.46. The number of aromatic hydroxyl groups is 1. The molecule has 1 amide bonds. The number of hydrogen-bond donors (Lipinski definition) is 3. The quantitative estimate of drug-likeness (QED) is 0.729. The van der Waals surface area contributed by atoms with Crippen molar-refractivity contribution in [3.8, 4) is 17.6 Å². The van der Waals surface area contributed by atoms with E-state index in [2.05, 4.69) is 22.1 Å². The highest BCUT2D eigenvalue weighted by atomic mass is 19.1. The van der Waals surface area contributed by atoms with Gasteiger partial charge in [0.15, 0.2) is 0 Å². The van der Waals surface area contributed by atoms with E-state index < -0.39 is 23.0 Å². The third kappa shape index (κ3) is 3.55. The van der Waals surface area contributed by atoms with Crippen LogP contribution in [-0.2, 0) is 0 Å². The van der Waals surface area contributed by atoms with Gasteiger partial charge in [0.05, 0.1) is 6.54 Å². The molecule has 1 aromatic heterocycles. The van der Waals surface area contributed by atoms with Crippen molar-refractivity contribution in [3.63, 3.8) is 0 Å². The van der Waals surface area contributed by atoms with Gasteiger partial charge in [0.1, 0.15) is 22.9 Å². The van der Waals surface area contributed by atoms with E-state index in [-0.39, 0.29) is 12.4 Å². The molecular weight excluding hydrogens is 273 g/mol. The predicted octanol–water partition coefficient (Wildman–Crippen LogP) is 1.49. The molecule has 6 heteroatoms. The fourth-order valence-electron chi connectivity index (χ4n) is 1.65. The minimum Gasteiger partial charge on any atom is -0.507 e. The summed E-state index contributed by atoms with van der Waals surface area (Å²) in [4.78, 5) is 15.9. The van der Waals surface area contributed by atoms with Crippen molar-refractivity contribution in [2.75, 3.05) is 11.9 Å². The molecule has 0 unspecified atom stereocenters. The van der Waals surface area contributed by atoms with Gasteiger partial charge in [-0.25, -0.2) is 9.37 Å². The average Bonchev–Trinajstić information content (AvgIpc) is 2.45. The molecule has 0 aliphatic rings. The van der Waals surface area contributed by atoms with E-state index in [1.54, 1.807) is 6.07 Å². The van der Waals surface area contributed by atoms with Crippen molar-refractivity contribution >= 4 is 11.7 Å². The molecule has 0 saturated heterocycles. The summed E-state index contributed by atoms with van der Waals surface area (Å²) < 4.78 is 13.6. The molecule has 106 valence electrons. The first-order chi connectivity index (χ1) is 10.1. The maximum Gasteiger partial charge on any atom is 0.263 e. The van der Waals surface area contributed by atoms with Crippen molar-refractivity contribution in [3.05, 3.63) is 53.5 Å². The lowest BCUT2D eigenvalue weighted by molar-refractivity contribution is 0.102. The van der Waals surface area contributed by atoms with Crippen LogP contribution >= 0.6 is 0 Å². The molecule has 21 heavy (non-hydrogen) atoms. The van der Waals surface area contributed by atoms with Crippen molar-refractivity contribution in [2.24, 2.45) is 5.73 Å². The predicted molar refractivity (Wildman–Crippen MR) is 76.2 cm³/mol. The van der Waals surface area contributed by atoms with Crippen LogP contribution < -0.4 is 11.1 Å². The number of pyridine rings is 1. The summed E-state index contributed by atoms with van der Waals surface area (Å²) in [7, 11) is 0. The number of phenols is 1. The molecule has 0 aliphatic heterocycles. The van der Waals surface area contributed by atoms with Crippen molar-refractivity contribution in [2.45, 2.75) is 0 Å². The molecular formula is C15H12FN3O2. The largest absolute Gasteiger partial charge is 0.507 e. The SMILES string of the molecule is NCC#Cc1ccnc(NC(=O)c2c(O)cccc2F)c1. The van der Waals surface area contributed by atoms with Gasteiger partial charge in [-0.2, -0.15) is 0 Å².